The molecule has 1 aromatic heterocycles. The topological polar surface area (TPSA) is 39.2 Å². The minimum absolute atomic E-state index is 0.280. The van der Waals surface area contributed by atoms with Crippen LogP contribution >= 0.6 is 11.6 Å². The SMILES string of the molecule is O=COCc1ccc2nc(Cl)ccc2c1. The van der Waals surface area contributed by atoms with Crippen LogP contribution in [-0.4, -0.2) is 11.5 Å². The van der Waals surface area contributed by atoms with Gasteiger partial charge < -0.3 is 4.74 Å². The lowest BCUT2D eigenvalue weighted by molar-refractivity contribution is -0.129. The Morgan fingerprint density at radius 2 is 2.20 bits per heavy atom. The number of hydrogen-bond acceptors (Lipinski definition) is 3. The van der Waals surface area contributed by atoms with Crippen LogP contribution in [0.25, 0.3) is 10.9 Å². The predicted molar refractivity (Wildman–Crippen MR) is 57.6 cm³/mol. The van der Waals surface area contributed by atoms with Crippen molar-refractivity contribution in [3.8, 4) is 0 Å². The number of ether oxygens (including phenoxy) is 1. The molecule has 0 N–H and O–H groups in total. The molecule has 0 fully saturated rings. The molecule has 2 rings (SSSR count). The largest absolute Gasteiger partial charge is 0.463 e. The van der Waals surface area contributed by atoms with Crippen molar-refractivity contribution in [3.05, 3.63) is 41.0 Å². The summed E-state index contributed by atoms with van der Waals surface area (Å²) in [5.74, 6) is 0. The lowest BCUT2D eigenvalue weighted by Gasteiger charge is -2.02. The third kappa shape index (κ3) is 2.25. The van der Waals surface area contributed by atoms with Gasteiger partial charge in [-0.3, -0.25) is 4.79 Å². The molecule has 2 aromatic rings. The molecule has 0 aliphatic rings. The summed E-state index contributed by atoms with van der Waals surface area (Å²) in [6, 6.07) is 9.24. The van der Waals surface area contributed by atoms with Crippen LogP contribution in [0, 0.1) is 0 Å². The van der Waals surface area contributed by atoms with Gasteiger partial charge in [-0.1, -0.05) is 17.7 Å². The second-order valence-electron chi connectivity index (χ2n) is 3.07. The Labute approximate surface area is 91.6 Å². The quantitative estimate of drug-likeness (QED) is 0.591. The lowest BCUT2D eigenvalue weighted by Crippen LogP contribution is -1.90. The molecule has 0 aliphatic heterocycles. The van der Waals surface area contributed by atoms with Crippen LogP contribution in [0.15, 0.2) is 30.3 Å². The number of aromatic nitrogens is 1. The van der Waals surface area contributed by atoms with E-state index in [4.69, 9.17) is 11.6 Å². The first kappa shape index (κ1) is 9.93. The van der Waals surface area contributed by atoms with Gasteiger partial charge in [0.05, 0.1) is 5.52 Å². The zero-order valence-electron chi connectivity index (χ0n) is 7.81. The number of hydrogen-bond donors (Lipinski definition) is 0. The zero-order chi connectivity index (χ0) is 10.7. The summed E-state index contributed by atoms with van der Waals surface area (Å²) < 4.78 is 4.67. The van der Waals surface area contributed by atoms with Gasteiger partial charge in [0.15, 0.2) is 0 Å². The third-order valence-electron chi connectivity index (χ3n) is 2.04. The molecule has 76 valence electrons. The summed E-state index contributed by atoms with van der Waals surface area (Å²) in [5, 5.41) is 1.45. The van der Waals surface area contributed by atoms with Gasteiger partial charge in [-0.05, 0) is 29.8 Å². The second-order valence-corrected chi connectivity index (χ2v) is 3.46. The highest BCUT2D eigenvalue weighted by Crippen LogP contribution is 2.17. The van der Waals surface area contributed by atoms with Gasteiger partial charge in [0, 0.05) is 5.39 Å². The maximum absolute atomic E-state index is 10.0. The maximum atomic E-state index is 10.0. The van der Waals surface area contributed by atoms with Crippen molar-refractivity contribution in [1.82, 2.24) is 4.98 Å². The van der Waals surface area contributed by atoms with Gasteiger partial charge >= 0.3 is 0 Å². The molecule has 0 saturated carbocycles. The molecular weight excluding hydrogens is 214 g/mol. The standard InChI is InChI=1S/C11H8ClNO2/c12-11-4-2-9-5-8(6-15-7-14)1-3-10(9)13-11/h1-5,7H,6H2. The summed E-state index contributed by atoms with van der Waals surface area (Å²) in [6.45, 7) is 0.715. The van der Waals surface area contributed by atoms with E-state index in [-0.39, 0.29) is 6.61 Å². The zero-order valence-corrected chi connectivity index (χ0v) is 8.57. The monoisotopic (exact) mass is 221 g/mol. The van der Waals surface area contributed by atoms with Crippen LogP contribution in [-0.2, 0) is 16.1 Å². The molecule has 0 unspecified atom stereocenters. The number of rotatable bonds is 3. The predicted octanol–water partition coefficient (Wildman–Crippen LogP) is 2.56. The highest BCUT2D eigenvalue weighted by molar-refractivity contribution is 6.29. The van der Waals surface area contributed by atoms with E-state index in [1.807, 2.05) is 24.3 Å². The van der Waals surface area contributed by atoms with Gasteiger partial charge in [-0.15, -0.1) is 0 Å². The van der Waals surface area contributed by atoms with Gasteiger partial charge in [0.2, 0.25) is 0 Å². The van der Waals surface area contributed by atoms with Crippen molar-refractivity contribution in [1.29, 1.82) is 0 Å². The van der Waals surface area contributed by atoms with Gasteiger partial charge in [-0.2, -0.15) is 0 Å². The molecule has 15 heavy (non-hydrogen) atoms. The first-order valence-electron chi connectivity index (χ1n) is 4.40. The Balaban J connectivity index is 2.38. The van der Waals surface area contributed by atoms with Crippen molar-refractivity contribution in [2.24, 2.45) is 0 Å². The highest BCUT2D eigenvalue weighted by atomic mass is 35.5. The van der Waals surface area contributed by atoms with Crippen LogP contribution < -0.4 is 0 Å². The van der Waals surface area contributed by atoms with E-state index >= 15 is 0 Å². The van der Waals surface area contributed by atoms with E-state index < -0.39 is 0 Å². The van der Waals surface area contributed by atoms with Crippen molar-refractivity contribution in [2.75, 3.05) is 0 Å². The van der Waals surface area contributed by atoms with E-state index in [1.54, 1.807) is 6.07 Å². The fraction of sp³-hybridized carbons (Fsp3) is 0.0909. The Hall–Kier alpha value is -1.61. The van der Waals surface area contributed by atoms with E-state index in [2.05, 4.69) is 9.72 Å². The number of fused-ring (bicyclic) bond motifs is 1. The number of halogens is 1. The third-order valence-corrected chi connectivity index (χ3v) is 2.25. The number of nitrogens with zero attached hydrogens (tertiary/aromatic N) is 1. The number of pyridine rings is 1. The first-order chi connectivity index (χ1) is 7.29. The molecule has 0 atom stereocenters. The smallest absolute Gasteiger partial charge is 0.293 e. The summed E-state index contributed by atoms with van der Waals surface area (Å²) in [5.41, 5.74) is 1.76. The molecular formula is C11H8ClNO2. The Bertz CT molecular complexity index is 499. The molecule has 0 bridgehead atoms. The molecule has 0 amide bonds. The van der Waals surface area contributed by atoms with Gasteiger partial charge in [0.25, 0.3) is 6.47 Å². The van der Waals surface area contributed by atoms with E-state index in [9.17, 15) is 4.79 Å². The first-order valence-corrected chi connectivity index (χ1v) is 4.78. The van der Waals surface area contributed by atoms with Crippen molar-refractivity contribution >= 4 is 29.0 Å². The maximum Gasteiger partial charge on any atom is 0.293 e. The molecule has 1 aromatic carbocycles. The van der Waals surface area contributed by atoms with E-state index in [0.29, 0.717) is 11.6 Å². The average Bonchev–Trinajstić information content (AvgIpc) is 2.26. The van der Waals surface area contributed by atoms with Crippen molar-refractivity contribution in [3.63, 3.8) is 0 Å². The van der Waals surface area contributed by atoms with Crippen LogP contribution in [0.4, 0.5) is 0 Å². The minimum Gasteiger partial charge on any atom is -0.463 e. The normalized spacial score (nSPS) is 10.2. The molecule has 0 spiro atoms. The van der Waals surface area contributed by atoms with E-state index in [1.165, 1.54) is 0 Å². The van der Waals surface area contributed by atoms with Crippen LogP contribution in [0.1, 0.15) is 5.56 Å². The summed E-state index contributed by atoms with van der Waals surface area (Å²) in [6.07, 6.45) is 0. The van der Waals surface area contributed by atoms with E-state index in [0.717, 1.165) is 16.5 Å². The average molecular weight is 222 g/mol. The second kappa shape index (κ2) is 4.28. The summed E-state index contributed by atoms with van der Waals surface area (Å²) >= 11 is 5.76. The molecule has 3 nitrogen and oxygen atoms in total. The highest BCUT2D eigenvalue weighted by Gasteiger charge is 1.98. The number of carbonyl (C=O) groups excluding carboxylic acids is 1. The van der Waals surface area contributed by atoms with Crippen molar-refractivity contribution in [2.45, 2.75) is 6.61 Å². The Morgan fingerprint density at radius 3 is 3.00 bits per heavy atom. The lowest BCUT2D eigenvalue weighted by atomic mass is 10.1. The number of benzene rings is 1. The van der Waals surface area contributed by atoms with Crippen molar-refractivity contribution < 1.29 is 9.53 Å². The molecule has 0 radical (unpaired) electrons. The molecule has 4 heteroatoms. The van der Waals surface area contributed by atoms with Gasteiger partial charge in [-0.25, -0.2) is 4.98 Å². The summed E-state index contributed by atoms with van der Waals surface area (Å²) in [4.78, 5) is 14.2. The Morgan fingerprint density at radius 1 is 1.33 bits per heavy atom. The number of carbonyl (C=O) groups is 1. The molecule has 1 heterocycles. The molecule has 0 saturated heterocycles. The minimum atomic E-state index is 0.280. The summed E-state index contributed by atoms with van der Waals surface area (Å²) in [7, 11) is 0. The Kier molecular flexibility index (Phi) is 2.83. The molecule has 0 aliphatic carbocycles. The van der Waals surface area contributed by atoms with Gasteiger partial charge in [0.1, 0.15) is 11.8 Å². The van der Waals surface area contributed by atoms with Crippen LogP contribution in [0.3, 0.4) is 0 Å². The fourth-order valence-corrected chi connectivity index (χ4v) is 1.52. The fourth-order valence-electron chi connectivity index (χ4n) is 1.37. The van der Waals surface area contributed by atoms with Crippen LogP contribution in [0.5, 0.6) is 0 Å². The van der Waals surface area contributed by atoms with Crippen LogP contribution in [0.2, 0.25) is 5.15 Å².